The van der Waals surface area contributed by atoms with E-state index in [2.05, 4.69) is 24.4 Å². The number of carbonyl (C=O) groups is 1. The highest BCUT2D eigenvalue weighted by Gasteiger charge is 2.14. The molecule has 2 N–H and O–H groups in total. The van der Waals surface area contributed by atoms with Gasteiger partial charge in [-0.2, -0.15) is 0 Å². The molecule has 0 fully saturated rings. The van der Waals surface area contributed by atoms with Gasteiger partial charge in [-0.05, 0) is 12.0 Å². The summed E-state index contributed by atoms with van der Waals surface area (Å²) < 4.78 is 0. The fraction of sp³-hybridized carbons (Fsp3) is 0.462. The van der Waals surface area contributed by atoms with Crippen molar-refractivity contribution in [2.45, 2.75) is 26.3 Å². The van der Waals surface area contributed by atoms with Crippen molar-refractivity contribution in [1.29, 1.82) is 0 Å². The number of aliphatic carboxylic acids is 1. The van der Waals surface area contributed by atoms with Gasteiger partial charge in [0.2, 0.25) is 0 Å². The Kier molecular flexibility index (Phi) is 4.99. The first-order valence-electron chi connectivity index (χ1n) is 5.66. The fourth-order valence-corrected chi connectivity index (χ4v) is 1.59. The summed E-state index contributed by atoms with van der Waals surface area (Å²) in [6, 6.07) is 10.3. The lowest BCUT2D eigenvalue weighted by Gasteiger charge is -2.18. The van der Waals surface area contributed by atoms with E-state index in [0.29, 0.717) is 6.54 Å². The highest BCUT2D eigenvalue weighted by molar-refractivity contribution is 5.69. The Morgan fingerprint density at radius 3 is 2.50 bits per heavy atom. The van der Waals surface area contributed by atoms with Crippen molar-refractivity contribution in [3.05, 3.63) is 35.9 Å². The molecule has 0 saturated heterocycles. The third-order valence-electron chi connectivity index (χ3n) is 2.70. The monoisotopic (exact) mass is 221 g/mol. The van der Waals surface area contributed by atoms with Crippen LogP contribution in [-0.2, 0) is 4.79 Å². The van der Waals surface area contributed by atoms with E-state index >= 15 is 0 Å². The molecule has 0 aliphatic heterocycles. The van der Waals surface area contributed by atoms with Crippen LogP contribution in [0.2, 0.25) is 0 Å². The van der Waals surface area contributed by atoms with Crippen molar-refractivity contribution in [3.63, 3.8) is 0 Å². The van der Waals surface area contributed by atoms with Gasteiger partial charge in [-0.15, -0.1) is 0 Å². The van der Waals surface area contributed by atoms with Gasteiger partial charge in [0.05, 0.1) is 5.92 Å². The van der Waals surface area contributed by atoms with E-state index < -0.39 is 5.97 Å². The lowest BCUT2D eigenvalue weighted by Crippen LogP contribution is -2.29. The summed E-state index contributed by atoms with van der Waals surface area (Å²) in [6.07, 6.45) is 0.955. The molecule has 0 heterocycles. The number of carboxylic acid groups (broad SMARTS) is 1. The first-order valence-corrected chi connectivity index (χ1v) is 5.66. The second-order valence-electron chi connectivity index (χ2n) is 4.02. The zero-order valence-electron chi connectivity index (χ0n) is 9.81. The molecule has 1 aromatic rings. The standard InChI is InChI=1S/C13H19NO2/c1-3-12(11-7-5-4-6-8-11)14-9-10(2)13(15)16/h4-8,10,12,14H,3,9H2,1-2H3,(H,15,16). The molecular weight excluding hydrogens is 202 g/mol. The van der Waals surface area contributed by atoms with Crippen LogP contribution in [0.4, 0.5) is 0 Å². The lowest BCUT2D eigenvalue weighted by molar-refractivity contribution is -0.141. The molecule has 1 aromatic carbocycles. The summed E-state index contributed by atoms with van der Waals surface area (Å²) in [5.41, 5.74) is 1.21. The van der Waals surface area contributed by atoms with Crippen molar-refractivity contribution < 1.29 is 9.90 Å². The number of hydrogen-bond donors (Lipinski definition) is 2. The van der Waals surface area contributed by atoms with E-state index in [1.807, 2.05) is 18.2 Å². The van der Waals surface area contributed by atoms with Gasteiger partial charge in [0.15, 0.2) is 0 Å². The molecule has 2 unspecified atom stereocenters. The van der Waals surface area contributed by atoms with E-state index in [1.54, 1.807) is 6.92 Å². The number of rotatable bonds is 6. The van der Waals surface area contributed by atoms with Gasteiger partial charge in [0, 0.05) is 12.6 Å². The first kappa shape index (κ1) is 12.7. The summed E-state index contributed by atoms with van der Waals surface area (Å²) in [4.78, 5) is 10.7. The van der Waals surface area contributed by atoms with E-state index in [9.17, 15) is 4.79 Å². The molecule has 0 spiro atoms. The molecule has 88 valence electrons. The van der Waals surface area contributed by atoms with E-state index in [4.69, 9.17) is 5.11 Å². The maximum Gasteiger partial charge on any atom is 0.307 e. The molecule has 0 amide bonds. The van der Waals surface area contributed by atoms with Crippen LogP contribution in [0, 0.1) is 5.92 Å². The average Bonchev–Trinajstić information content (AvgIpc) is 2.30. The van der Waals surface area contributed by atoms with Gasteiger partial charge < -0.3 is 10.4 Å². The Hall–Kier alpha value is -1.35. The van der Waals surface area contributed by atoms with Crippen LogP contribution in [0.15, 0.2) is 30.3 Å². The molecule has 0 aliphatic carbocycles. The van der Waals surface area contributed by atoms with Crippen molar-refractivity contribution in [2.24, 2.45) is 5.92 Å². The highest BCUT2D eigenvalue weighted by Crippen LogP contribution is 2.15. The van der Waals surface area contributed by atoms with E-state index in [-0.39, 0.29) is 12.0 Å². The second kappa shape index (κ2) is 6.28. The van der Waals surface area contributed by atoms with E-state index in [0.717, 1.165) is 6.42 Å². The van der Waals surface area contributed by atoms with Gasteiger partial charge in [-0.3, -0.25) is 4.79 Å². The van der Waals surface area contributed by atoms with Crippen LogP contribution in [0.5, 0.6) is 0 Å². The molecule has 2 atom stereocenters. The molecule has 0 aromatic heterocycles. The SMILES string of the molecule is CCC(NCC(C)C(=O)O)c1ccccc1. The molecular formula is C13H19NO2. The molecule has 3 nitrogen and oxygen atoms in total. The lowest BCUT2D eigenvalue weighted by atomic mass is 10.0. The molecule has 0 radical (unpaired) electrons. The minimum absolute atomic E-state index is 0.239. The zero-order valence-corrected chi connectivity index (χ0v) is 9.81. The van der Waals surface area contributed by atoms with Crippen LogP contribution in [0.25, 0.3) is 0 Å². The van der Waals surface area contributed by atoms with Crippen LogP contribution < -0.4 is 5.32 Å². The Morgan fingerprint density at radius 2 is 2.00 bits per heavy atom. The summed E-state index contributed by atoms with van der Waals surface area (Å²) in [6.45, 7) is 4.31. The van der Waals surface area contributed by atoms with Crippen molar-refractivity contribution >= 4 is 5.97 Å². The molecule has 16 heavy (non-hydrogen) atoms. The van der Waals surface area contributed by atoms with Crippen molar-refractivity contribution in [1.82, 2.24) is 5.32 Å². The topological polar surface area (TPSA) is 49.3 Å². The predicted octanol–water partition coefficient (Wildman–Crippen LogP) is 2.45. The molecule has 3 heteroatoms. The van der Waals surface area contributed by atoms with Gasteiger partial charge in [0.25, 0.3) is 0 Å². The summed E-state index contributed by atoms with van der Waals surface area (Å²) in [5, 5.41) is 12.1. The Labute approximate surface area is 96.5 Å². The predicted molar refractivity (Wildman–Crippen MR) is 64.3 cm³/mol. The quantitative estimate of drug-likeness (QED) is 0.775. The molecule has 0 aliphatic rings. The third kappa shape index (κ3) is 3.66. The number of hydrogen-bond acceptors (Lipinski definition) is 2. The molecule has 1 rings (SSSR count). The molecule has 0 bridgehead atoms. The first-order chi connectivity index (χ1) is 7.65. The van der Waals surface area contributed by atoms with Gasteiger partial charge in [-0.1, -0.05) is 44.2 Å². The average molecular weight is 221 g/mol. The minimum atomic E-state index is -0.754. The second-order valence-corrected chi connectivity index (χ2v) is 4.02. The fourth-order valence-electron chi connectivity index (χ4n) is 1.59. The summed E-state index contributed by atoms with van der Waals surface area (Å²) in [5.74, 6) is -1.10. The summed E-state index contributed by atoms with van der Waals surface area (Å²) >= 11 is 0. The normalized spacial score (nSPS) is 14.4. The number of carboxylic acids is 1. The maximum absolute atomic E-state index is 10.7. The van der Waals surface area contributed by atoms with Crippen molar-refractivity contribution in [3.8, 4) is 0 Å². The van der Waals surface area contributed by atoms with E-state index in [1.165, 1.54) is 5.56 Å². The largest absolute Gasteiger partial charge is 0.481 e. The van der Waals surface area contributed by atoms with Crippen LogP contribution in [0.1, 0.15) is 31.9 Å². The van der Waals surface area contributed by atoms with Gasteiger partial charge in [-0.25, -0.2) is 0 Å². The Balaban J connectivity index is 2.53. The van der Waals surface area contributed by atoms with Gasteiger partial charge in [0.1, 0.15) is 0 Å². The third-order valence-corrected chi connectivity index (χ3v) is 2.70. The van der Waals surface area contributed by atoms with Gasteiger partial charge >= 0.3 is 5.97 Å². The van der Waals surface area contributed by atoms with Crippen LogP contribution >= 0.6 is 0 Å². The van der Waals surface area contributed by atoms with Crippen molar-refractivity contribution in [2.75, 3.05) is 6.54 Å². The summed E-state index contributed by atoms with van der Waals surface area (Å²) in [7, 11) is 0. The highest BCUT2D eigenvalue weighted by atomic mass is 16.4. The Bertz CT molecular complexity index is 324. The Morgan fingerprint density at radius 1 is 1.38 bits per heavy atom. The zero-order chi connectivity index (χ0) is 12.0. The van der Waals surface area contributed by atoms with Crippen LogP contribution in [0.3, 0.4) is 0 Å². The molecule has 0 saturated carbocycles. The number of nitrogens with one attached hydrogen (secondary N) is 1. The minimum Gasteiger partial charge on any atom is -0.481 e. The maximum atomic E-state index is 10.7. The van der Waals surface area contributed by atoms with Crippen LogP contribution in [-0.4, -0.2) is 17.6 Å². The number of benzene rings is 1. The smallest absolute Gasteiger partial charge is 0.307 e.